The summed E-state index contributed by atoms with van der Waals surface area (Å²) in [6, 6.07) is 16.7. The largest absolute Gasteiger partial charge is 0.346 e. The summed E-state index contributed by atoms with van der Waals surface area (Å²) in [5.74, 6) is 0. The first-order valence-corrected chi connectivity index (χ1v) is 11.3. The molecule has 0 spiro atoms. The lowest BCUT2D eigenvalue weighted by molar-refractivity contribution is 0.176. The van der Waals surface area contributed by atoms with Crippen molar-refractivity contribution in [1.29, 1.82) is 0 Å². The maximum atomic E-state index is 5.71. The Balaban J connectivity index is 1.37. The van der Waals surface area contributed by atoms with Gasteiger partial charge >= 0.3 is 0 Å². The average Bonchev–Trinajstić information content (AvgIpc) is 3.06. The van der Waals surface area contributed by atoms with Crippen LogP contribution in [0.25, 0.3) is 5.69 Å². The second-order valence-electron chi connectivity index (χ2n) is 8.34. The van der Waals surface area contributed by atoms with Gasteiger partial charge in [-0.3, -0.25) is 4.90 Å². The van der Waals surface area contributed by atoms with Crippen LogP contribution in [0.3, 0.4) is 0 Å². The van der Waals surface area contributed by atoms with Crippen molar-refractivity contribution >= 4 is 23.0 Å². The number of anilines is 1. The summed E-state index contributed by atoms with van der Waals surface area (Å²) < 4.78 is 2.06. The SMILES string of the molecule is Cc1cccc(NC(=S)N2CCN(Cc3c(C)nn(-c4ccccc4)c3C)CC2)c1C. The number of para-hydroxylation sites is 1. The Morgan fingerprint density at radius 3 is 2.35 bits per heavy atom. The van der Waals surface area contributed by atoms with Crippen LogP contribution in [0, 0.1) is 27.7 Å². The van der Waals surface area contributed by atoms with Gasteiger partial charge < -0.3 is 10.2 Å². The van der Waals surface area contributed by atoms with Crippen molar-refractivity contribution in [2.45, 2.75) is 34.2 Å². The first kappa shape index (κ1) is 21.5. The standard InChI is InChI=1S/C25H31N5S/c1-18-9-8-12-24(19(18)2)26-25(31)29-15-13-28(14-16-29)17-23-20(3)27-30(21(23)4)22-10-6-5-7-11-22/h5-12H,13-17H2,1-4H3,(H,26,31). The van der Waals surface area contributed by atoms with Crippen LogP contribution in [0.2, 0.25) is 0 Å². The highest BCUT2D eigenvalue weighted by molar-refractivity contribution is 7.80. The lowest BCUT2D eigenvalue weighted by Crippen LogP contribution is -2.49. The van der Waals surface area contributed by atoms with E-state index in [4.69, 9.17) is 17.3 Å². The molecule has 2 aromatic carbocycles. The molecule has 3 aromatic rings. The molecule has 2 heterocycles. The van der Waals surface area contributed by atoms with E-state index in [9.17, 15) is 0 Å². The van der Waals surface area contributed by atoms with Gasteiger partial charge in [0.05, 0.1) is 11.4 Å². The van der Waals surface area contributed by atoms with E-state index >= 15 is 0 Å². The fourth-order valence-corrected chi connectivity index (χ4v) is 4.43. The summed E-state index contributed by atoms with van der Waals surface area (Å²) in [6.07, 6.45) is 0. The number of aryl methyl sites for hydroxylation is 2. The maximum Gasteiger partial charge on any atom is 0.173 e. The van der Waals surface area contributed by atoms with E-state index in [0.717, 1.165) is 54.9 Å². The number of hydrogen-bond donors (Lipinski definition) is 1. The third-order valence-electron chi connectivity index (χ3n) is 6.33. The van der Waals surface area contributed by atoms with Gasteiger partial charge in [0.25, 0.3) is 0 Å². The van der Waals surface area contributed by atoms with E-state index < -0.39 is 0 Å². The van der Waals surface area contributed by atoms with Gasteiger partial charge in [0.1, 0.15) is 0 Å². The van der Waals surface area contributed by atoms with Crippen LogP contribution in [0.1, 0.15) is 28.1 Å². The molecule has 1 fully saturated rings. The highest BCUT2D eigenvalue weighted by atomic mass is 32.1. The van der Waals surface area contributed by atoms with E-state index in [2.05, 4.69) is 90.0 Å². The summed E-state index contributed by atoms with van der Waals surface area (Å²) in [4.78, 5) is 4.78. The molecule has 0 unspecified atom stereocenters. The number of benzene rings is 2. The first-order valence-electron chi connectivity index (χ1n) is 10.9. The molecule has 1 aliphatic heterocycles. The number of hydrogen-bond acceptors (Lipinski definition) is 3. The molecular weight excluding hydrogens is 402 g/mol. The molecule has 0 atom stereocenters. The maximum absolute atomic E-state index is 5.71. The third kappa shape index (κ3) is 4.65. The summed E-state index contributed by atoms with van der Waals surface area (Å²) in [5, 5.41) is 9.07. The van der Waals surface area contributed by atoms with Crippen molar-refractivity contribution in [3.8, 4) is 5.69 Å². The number of rotatable bonds is 4. The van der Waals surface area contributed by atoms with E-state index in [1.54, 1.807) is 0 Å². The van der Waals surface area contributed by atoms with Crippen LogP contribution in [0.15, 0.2) is 48.5 Å². The minimum atomic E-state index is 0.817. The van der Waals surface area contributed by atoms with Gasteiger partial charge in [-0.15, -0.1) is 0 Å². The molecule has 4 rings (SSSR count). The molecule has 0 amide bonds. The molecule has 1 saturated heterocycles. The molecule has 0 radical (unpaired) electrons. The molecule has 0 aliphatic carbocycles. The molecular formula is C25H31N5S. The van der Waals surface area contributed by atoms with Crippen molar-refractivity contribution in [1.82, 2.24) is 19.6 Å². The zero-order chi connectivity index (χ0) is 22.0. The van der Waals surface area contributed by atoms with Crippen molar-refractivity contribution in [2.75, 3.05) is 31.5 Å². The molecule has 1 aromatic heterocycles. The molecule has 5 nitrogen and oxygen atoms in total. The number of thiocarbonyl (C=S) groups is 1. The van der Waals surface area contributed by atoms with Gasteiger partial charge in [0.15, 0.2) is 5.11 Å². The normalized spacial score (nSPS) is 14.6. The highest BCUT2D eigenvalue weighted by Gasteiger charge is 2.22. The number of piperazine rings is 1. The third-order valence-corrected chi connectivity index (χ3v) is 6.69. The van der Waals surface area contributed by atoms with E-state index in [0.29, 0.717) is 0 Å². The van der Waals surface area contributed by atoms with Gasteiger partial charge in [-0.2, -0.15) is 5.10 Å². The van der Waals surface area contributed by atoms with Crippen molar-refractivity contribution in [3.63, 3.8) is 0 Å². The molecule has 162 valence electrons. The Labute approximate surface area is 190 Å². The first-order chi connectivity index (χ1) is 14.9. The van der Waals surface area contributed by atoms with E-state index in [-0.39, 0.29) is 0 Å². The Morgan fingerprint density at radius 2 is 1.65 bits per heavy atom. The molecule has 1 N–H and O–H groups in total. The van der Waals surface area contributed by atoms with Crippen LogP contribution in [0.4, 0.5) is 5.69 Å². The minimum absolute atomic E-state index is 0.817. The Hall–Kier alpha value is -2.70. The monoisotopic (exact) mass is 433 g/mol. The van der Waals surface area contributed by atoms with Crippen molar-refractivity contribution in [3.05, 3.63) is 76.6 Å². The Morgan fingerprint density at radius 1 is 0.935 bits per heavy atom. The lowest BCUT2D eigenvalue weighted by Gasteiger charge is -2.36. The van der Waals surface area contributed by atoms with Gasteiger partial charge in [0.2, 0.25) is 0 Å². The molecule has 1 aliphatic rings. The van der Waals surface area contributed by atoms with Gasteiger partial charge in [-0.25, -0.2) is 4.68 Å². The number of nitrogens with one attached hydrogen (secondary N) is 1. The quantitative estimate of drug-likeness (QED) is 0.608. The topological polar surface area (TPSA) is 36.3 Å². The Bertz CT molecular complexity index is 1070. The fourth-order valence-electron chi connectivity index (χ4n) is 4.14. The summed E-state index contributed by atoms with van der Waals surface area (Å²) in [6.45, 7) is 13.3. The predicted octanol–water partition coefficient (Wildman–Crippen LogP) is 4.62. The second kappa shape index (κ2) is 9.20. The summed E-state index contributed by atoms with van der Waals surface area (Å²) >= 11 is 5.71. The van der Waals surface area contributed by atoms with Crippen LogP contribution >= 0.6 is 12.2 Å². The van der Waals surface area contributed by atoms with E-state index in [1.807, 2.05) is 6.07 Å². The van der Waals surface area contributed by atoms with Gasteiger partial charge in [-0.05, 0) is 69.2 Å². The minimum Gasteiger partial charge on any atom is -0.346 e. The van der Waals surface area contributed by atoms with Crippen molar-refractivity contribution < 1.29 is 0 Å². The second-order valence-corrected chi connectivity index (χ2v) is 8.72. The van der Waals surface area contributed by atoms with Gasteiger partial charge in [0, 0.05) is 49.7 Å². The molecule has 0 bridgehead atoms. The predicted molar refractivity (Wildman–Crippen MR) is 132 cm³/mol. The Kier molecular flexibility index (Phi) is 6.39. The average molecular weight is 434 g/mol. The summed E-state index contributed by atoms with van der Waals surface area (Å²) in [7, 11) is 0. The van der Waals surface area contributed by atoms with Crippen molar-refractivity contribution in [2.24, 2.45) is 0 Å². The van der Waals surface area contributed by atoms with Crippen LogP contribution in [-0.2, 0) is 6.54 Å². The summed E-state index contributed by atoms with van der Waals surface area (Å²) in [5.41, 5.74) is 8.40. The molecule has 31 heavy (non-hydrogen) atoms. The lowest BCUT2D eigenvalue weighted by atomic mass is 10.1. The molecule has 0 saturated carbocycles. The molecule has 6 heteroatoms. The van der Waals surface area contributed by atoms with E-state index in [1.165, 1.54) is 22.4 Å². The number of nitrogens with zero attached hydrogens (tertiary/aromatic N) is 4. The van der Waals surface area contributed by atoms with Crippen LogP contribution < -0.4 is 5.32 Å². The van der Waals surface area contributed by atoms with Crippen LogP contribution in [0.5, 0.6) is 0 Å². The number of aromatic nitrogens is 2. The smallest absolute Gasteiger partial charge is 0.173 e. The fraction of sp³-hybridized carbons (Fsp3) is 0.360. The van der Waals surface area contributed by atoms with Crippen LogP contribution in [-0.4, -0.2) is 50.9 Å². The zero-order valence-corrected chi connectivity index (χ0v) is 19.7. The van der Waals surface area contributed by atoms with Gasteiger partial charge in [-0.1, -0.05) is 30.3 Å². The zero-order valence-electron chi connectivity index (χ0n) is 18.9. The highest BCUT2D eigenvalue weighted by Crippen LogP contribution is 2.21.